The third-order valence-electron chi connectivity index (χ3n) is 3.75. The highest BCUT2D eigenvalue weighted by molar-refractivity contribution is 6.39. The van der Waals surface area contributed by atoms with Crippen LogP contribution in [0.3, 0.4) is 0 Å². The van der Waals surface area contributed by atoms with Crippen LogP contribution in [0.15, 0.2) is 48.5 Å². The molecule has 2 aromatic rings. The van der Waals surface area contributed by atoms with E-state index in [0.717, 1.165) is 17.5 Å². The van der Waals surface area contributed by atoms with E-state index in [1.807, 2.05) is 50.2 Å². The van der Waals surface area contributed by atoms with Crippen molar-refractivity contribution in [2.24, 2.45) is 0 Å². The maximum Gasteiger partial charge on any atom is 0.313 e. The molecule has 1 atom stereocenters. The Labute approximate surface area is 136 Å². The van der Waals surface area contributed by atoms with Crippen LogP contribution in [0.25, 0.3) is 0 Å². The van der Waals surface area contributed by atoms with Gasteiger partial charge >= 0.3 is 11.8 Å². The molecule has 0 spiro atoms. The second-order valence-corrected chi connectivity index (χ2v) is 5.61. The van der Waals surface area contributed by atoms with Crippen molar-refractivity contribution >= 4 is 17.5 Å². The number of hydrogen-bond acceptors (Lipinski definition) is 2. The van der Waals surface area contributed by atoms with Crippen molar-refractivity contribution in [1.29, 1.82) is 0 Å². The van der Waals surface area contributed by atoms with Crippen LogP contribution in [0.5, 0.6) is 0 Å². The second kappa shape index (κ2) is 7.58. The van der Waals surface area contributed by atoms with Crippen LogP contribution in [0.4, 0.5) is 5.69 Å². The van der Waals surface area contributed by atoms with Gasteiger partial charge in [0.25, 0.3) is 0 Å². The summed E-state index contributed by atoms with van der Waals surface area (Å²) in [7, 11) is 0. The number of carbonyl (C=O) groups is 2. The predicted octanol–water partition coefficient (Wildman–Crippen LogP) is 3.37. The van der Waals surface area contributed by atoms with Crippen molar-refractivity contribution in [3.63, 3.8) is 0 Å². The maximum atomic E-state index is 12.0. The molecular weight excluding hydrogens is 288 g/mol. The monoisotopic (exact) mass is 310 g/mol. The minimum Gasteiger partial charge on any atom is -0.341 e. The van der Waals surface area contributed by atoms with Crippen LogP contribution >= 0.6 is 0 Å². The summed E-state index contributed by atoms with van der Waals surface area (Å²) in [4.78, 5) is 23.9. The highest BCUT2D eigenvalue weighted by atomic mass is 16.2. The van der Waals surface area contributed by atoms with Crippen molar-refractivity contribution in [2.75, 3.05) is 5.32 Å². The minimum absolute atomic E-state index is 0.225. The molecular formula is C19H22N2O2. The van der Waals surface area contributed by atoms with Crippen LogP contribution in [0.1, 0.15) is 36.6 Å². The molecule has 0 bridgehead atoms. The standard InChI is InChI=1S/C19H22N2O2/c1-4-15-7-9-16(10-8-15)14(3)20-18(22)19(23)21-17-11-5-13(2)6-12-17/h5-12,14H,4H2,1-3H3,(H,20,22)(H,21,23). The Bertz CT molecular complexity index is 676. The molecule has 2 amide bonds. The lowest BCUT2D eigenvalue weighted by molar-refractivity contribution is -0.136. The van der Waals surface area contributed by atoms with Crippen molar-refractivity contribution in [3.8, 4) is 0 Å². The summed E-state index contributed by atoms with van der Waals surface area (Å²) in [6.07, 6.45) is 0.972. The fourth-order valence-electron chi connectivity index (χ4n) is 2.21. The largest absolute Gasteiger partial charge is 0.341 e. The average molecular weight is 310 g/mol. The normalized spacial score (nSPS) is 11.6. The van der Waals surface area contributed by atoms with Crippen LogP contribution < -0.4 is 10.6 Å². The molecule has 2 aromatic carbocycles. The van der Waals surface area contributed by atoms with Gasteiger partial charge in [0.1, 0.15) is 0 Å². The zero-order valence-corrected chi connectivity index (χ0v) is 13.7. The number of nitrogens with one attached hydrogen (secondary N) is 2. The lowest BCUT2D eigenvalue weighted by Crippen LogP contribution is -2.36. The van der Waals surface area contributed by atoms with E-state index in [1.165, 1.54) is 5.56 Å². The Morgan fingerprint density at radius 1 is 0.957 bits per heavy atom. The highest BCUT2D eigenvalue weighted by Gasteiger charge is 2.17. The number of benzene rings is 2. The summed E-state index contributed by atoms with van der Waals surface area (Å²) >= 11 is 0. The molecule has 2 rings (SSSR count). The summed E-state index contributed by atoms with van der Waals surface area (Å²) in [5.74, 6) is -1.30. The van der Waals surface area contributed by atoms with Gasteiger partial charge in [-0.05, 0) is 43.5 Å². The molecule has 0 saturated heterocycles. The Kier molecular flexibility index (Phi) is 5.52. The summed E-state index contributed by atoms with van der Waals surface area (Å²) in [5.41, 5.74) is 3.91. The lowest BCUT2D eigenvalue weighted by atomic mass is 10.1. The van der Waals surface area contributed by atoms with E-state index in [2.05, 4.69) is 17.6 Å². The van der Waals surface area contributed by atoms with Gasteiger partial charge in [0.2, 0.25) is 0 Å². The SMILES string of the molecule is CCc1ccc(C(C)NC(=O)C(=O)Nc2ccc(C)cc2)cc1. The lowest BCUT2D eigenvalue weighted by Gasteiger charge is -2.14. The van der Waals surface area contributed by atoms with Gasteiger partial charge in [-0.2, -0.15) is 0 Å². The van der Waals surface area contributed by atoms with Crippen LogP contribution in [0, 0.1) is 6.92 Å². The molecule has 0 radical (unpaired) electrons. The van der Waals surface area contributed by atoms with Gasteiger partial charge in [-0.3, -0.25) is 9.59 Å². The Morgan fingerprint density at radius 2 is 1.57 bits per heavy atom. The van der Waals surface area contributed by atoms with Gasteiger partial charge in [0, 0.05) is 5.69 Å². The number of carbonyl (C=O) groups excluding carboxylic acids is 2. The van der Waals surface area contributed by atoms with Gasteiger partial charge in [-0.1, -0.05) is 48.9 Å². The number of anilines is 1. The van der Waals surface area contributed by atoms with Gasteiger partial charge in [-0.25, -0.2) is 0 Å². The molecule has 0 aromatic heterocycles. The molecule has 0 saturated carbocycles. The van der Waals surface area contributed by atoms with Crippen molar-refractivity contribution in [3.05, 3.63) is 65.2 Å². The van der Waals surface area contributed by atoms with E-state index in [0.29, 0.717) is 5.69 Å². The molecule has 0 aliphatic carbocycles. The molecule has 2 N–H and O–H groups in total. The second-order valence-electron chi connectivity index (χ2n) is 5.61. The third kappa shape index (κ3) is 4.68. The fourth-order valence-corrected chi connectivity index (χ4v) is 2.21. The molecule has 1 unspecified atom stereocenters. The van der Waals surface area contributed by atoms with Crippen LogP contribution in [-0.2, 0) is 16.0 Å². The van der Waals surface area contributed by atoms with Gasteiger partial charge < -0.3 is 10.6 Å². The maximum absolute atomic E-state index is 12.0. The van der Waals surface area contributed by atoms with E-state index in [1.54, 1.807) is 12.1 Å². The molecule has 0 heterocycles. The van der Waals surface area contributed by atoms with Crippen molar-refractivity contribution < 1.29 is 9.59 Å². The number of aryl methyl sites for hydroxylation is 2. The van der Waals surface area contributed by atoms with Gasteiger partial charge in [0.05, 0.1) is 6.04 Å². The first-order valence-electron chi connectivity index (χ1n) is 7.77. The van der Waals surface area contributed by atoms with Crippen LogP contribution in [-0.4, -0.2) is 11.8 Å². The fraction of sp³-hybridized carbons (Fsp3) is 0.263. The summed E-state index contributed by atoms with van der Waals surface area (Å²) in [5, 5.41) is 5.31. The smallest absolute Gasteiger partial charge is 0.313 e. The Balaban J connectivity index is 1.94. The van der Waals surface area contributed by atoms with Crippen molar-refractivity contribution in [1.82, 2.24) is 5.32 Å². The average Bonchev–Trinajstić information content (AvgIpc) is 2.56. The Hall–Kier alpha value is -2.62. The highest BCUT2D eigenvalue weighted by Crippen LogP contribution is 2.14. The van der Waals surface area contributed by atoms with Crippen LogP contribution in [0.2, 0.25) is 0 Å². The molecule has 23 heavy (non-hydrogen) atoms. The molecule has 120 valence electrons. The first-order chi connectivity index (χ1) is 11.0. The van der Waals surface area contributed by atoms with E-state index < -0.39 is 11.8 Å². The third-order valence-corrected chi connectivity index (χ3v) is 3.75. The molecule has 4 heteroatoms. The van der Waals surface area contributed by atoms with Gasteiger partial charge in [0.15, 0.2) is 0 Å². The number of amides is 2. The summed E-state index contributed by atoms with van der Waals surface area (Å²) in [6, 6.07) is 15.1. The van der Waals surface area contributed by atoms with Gasteiger partial charge in [-0.15, -0.1) is 0 Å². The van der Waals surface area contributed by atoms with E-state index in [-0.39, 0.29) is 6.04 Å². The quantitative estimate of drug-likeness (QED) is 0.851. The number of rotatable bonds is 4. The molecule has 4 nitrogen and oxygen atoms in total. The number of hydrogen-bond donors (Lipinski definition) is 2. The van der Waals surface area contributed by atoms with Crippen molar-refractivity contribution in [2.45, 2.75) is 33.2 Å². The zero-order chi connectivity index (χ0) is 16.8. The molecule has 0 aliphatic heterocycles. The summed E-state index contributed by atoms with van der Waals surface area (Å²) in [6.45, 7) is 5.91. The van der Waals surface area contributed by atoms with E-state index in [4.69, 9.17) is 0 Å². The molecule has 0 aliphatic rings. The van der Waals surface area contributed by atoms with E-state index in [9.17, 15) is 9.59 Å². The predicted molar refractivity (Wildman–Crippen MR) is 92.2 cm³/mol. The topological polar surface area (TPSA) is 58.2 Å². The first kappa shape index (κ1) is 16.7. The zero-order valence-electron chi connectivity index (χ0n) is 13.7. The molecule has 0 fully saturated rings. The minimum atomic E-state index is -0.661. The first-order valence-corrected chi connectivity index (χ1v) is 7.77. The summed E-state index contributed by atoms with van der Waals surface area (Å²) < 4.78 is 0. The Morgan fingerprint density at radius 3 is 2.13 bits per heavy atom. The van der Waals surface area contributed by atoms with E-state index >= 15 is 0 Å².